The molecule has 0 heterocycles. The van der Waals surface area contributed by atoms with Gasteiger partial charge in [-0.3, -0.25) is 18.6 Å². The van der Waals surface area contributed by atoms with E-state index in [9.17, 15) is 19.0 Å². The van der Waals surface area contributed by atoms with Gasteiger partial charge in [-0.05, 0) is 102 Å². The Morgan fingerprint density at radius 1 is 0.432 bits per heavy atom. The molecule has 0 aliphatic heterocycles. The Morgan fingerprint density at radius 3 is 1.15 bits per heavy atom. The van der Waals surface area contributed by atoms with Gasteiger partial charge in [0.05, 0.1) is 33.8 Å². The van der Waals surface area contributed by atoms with Gasteiger partial charge >= 0.3 is 13.8 Å². The molecule has 0 saturated heterocycles. The zero-order chi connectivity index (χ0) is 59.3. The second kappa shape index (κ2) is 60.6. The average molecular weight is 1160 g/mol. The first-order valence-electron chi connectivity index (χ1n) is 34.3. The fraction of sp³-hybridized carbons (Fsp3) is 0.803. The van der Waals surface area contributed by atoms with E-state index in [1.54, 1.807) is 0 Å². The number of nitrogens with one attached hydrogen (secondary N) is 1. The SMILES string of the molecule is CCCCC/C=C\C/C=C\C/C=C\CCCCCCCCCCCCCCC(=O)OC(/C=C\CCCCCCCCCCC)C(COP(=O)(O)OCC[N+](C)(C)C)NC(=O)CCCCCCCCCCC/C=C\C/C=C\CCCCC. The van der Waals surface area contributed by atoms with E-state index in [1.165, 1.54) is 205 Å². The zero-order valence-electron chi connectivity index (χ0n) is 54.0. The van der Waals surface area contributed by atoms with Crippen molar-refractivity contribution < 1.29 is 37.3 Å². The number of carbonyl (C=O) groups excluding carboxylic acids is 2. The molecule has 0 aliphatic rings. The van der Waals surface area contributed by atoms with Crippen molar-refractivity contribution >= 4 is 19.7 Å². The quantitative estimate of drug-likeness (QED) is 0.0205. The van der Waals surface area contributed by atoms with Crippen molar-refractivity contribution in [3.8, 4) is 0 Å². The average Bonchev–Trinajstić information content (AvgIpc) is 3.43. The minimum absolute atomic E-state index is 0.0377. The van der Waals surface area contributed by atoms with Crippen molar-refractivity contribution in [1.29, 1.82) is 0 Å². The molecule has 0 saturated carbocycles. The standard InChI is InChI=1S/C71H131N2O7P/c1-7-10-13-16-19-22-25-27-29-31-33-34-35-36-37-38-40-42-44-46-49-52-55-58-61-64-71(75)80-69(62-59-56-53-50-47-24-21-18-15-12-9-3)68(67-79-81(76,77)78-66-65-73(4,5)6)72-70(74)63-60-57-54-51-48-45-43-41-39-32-30-28-26-23-20-17-14-11-8-2/h19-20,22-23,27-30,33-34,59,62,68-69H,7-18,21,24-26,31-32,35-58,60-61,63-67H2,1-6H3,(H-,72,74,76,77)/p+1/b22-19-,23-20-,29-27-,30-28-,34-33-,62-59-. The van der Waals surface area contributed by atoms with Crippen LogP contribution in [0.5, 0.6) is 0 Å². The van der Waals surface area contributed by atoms with Crippen LogP contribution in [0.25, 0.3) is 0 Å². The Balaban J connectivity index is 5.06. The van der Waals surface area contributed by atoms with Gasteiger partial charge < -0.3 is 19.4 Å². The van der Waals surface area contributed by atoms with Crippen LogP contribution in [0.3, 0.4) is 0 Å². The molecule has 3 atom stereocenters. The molecule has 0 spiro atoms. The number of amides is 1. The number of likely N-dealkylation sites (N-methyl/N-ethyl adjacent to an activating group) is 1. The van der Waals surface area contributed by atoms with Gasteiger partial charge in [-0.25, -0.2) is 4.57 Å². The van der Waals surface area contributed by atoms with Crippen molar-refractivity contribution in [2.45, 2.75) is 328 Å². The normalized spacial score (nSPS) is 14.0. The van der Waals surface area contributed by atoms with E-state index in [0.29, 0.717) is 17.4 Å². The molecule has 0 radical (unpaired) electrons. The summed E-state index contributed by atoms with van der Waals surface area (Å²) in [6.45, 7) is 6.98. The lowest BCUT2D eigenvalue weighted by Crippen LogP contribution is -2.47. The zero-order valence-corrected chi connectivity index (χ0v) is 54.9. The third-order valence-corrected chi connectivity index (χ3v) is 16.1. The summed E-state index contributed by atoms with van der Waals surface area (Å²) in [6, 6.07) is -0.853. The number of phosphoric ester groups is 1. The van der Waals surface area contributed by atoms with Crippen molar-refractivity contribution in [3.63, 3.8) is 0 Å². The molecule has 0 aromatic heterocycles. The van der Waals surface area contributed by atoms with Crippen LogP contribution in [0.1, 0.15) is 316 Å². The first kappa shape index (κ1) is 78.5. The number of carbonyl (C=O) groups is 2. The fourth-order valence-corrected chi connectivity index (χ4v) is 10.5. The minimum atomic E-state index is -4.45. The van der Waals surface area contributed by atoms with Gasteiger partial charge in [-0.1, -0.05) is 274 Å². The smallest absolute Gasteiger partial charge is 0.456 e. The van der Waals surface area contributed by atoms with Crippen molar-refractivity contribution in [1.82, 2.24) is 5.32 Å². The number of phosphoric acid groups is 1. The Hall–Kier alpha value is -2.55. The maximum absolute atomic E-state index is 13.6. The summed E-state index contributed by atoms with van der Waals surface area (Å²) in [6.07, 6.45) is 79.0. The molecule has 2 N–H and O–H groups in total. The van der Waals surface area contributed by atoms with Crippen LogP contribution in [-0.2, 0) is 27.9 Å². The number of unbranched alkanes of at least 4 members (excludes halogenated alkanes) is 36. The third-order valence-electron chi connectivity index (χ3n) is 15.1. The van der Waals surface area contributed by atoms with Crippen LogP contribution in [-0.4, -0.2) is 74.3 Å². The fourth-order valence-electron chi connectivity index (χ4n) is 9.80. The molecule has 9 nitrogen and oxygen atoms in total. The molecule has 1 amide bonds. The number of hydrogen-bond acceptors (Lipinski definition) is 6. The number of ether oxygens (including phenoxy) is 1. The van der Waals surface area contributed by atoms with Gasteiger partial charge in [0.1, 0.15) is 19.3 Å². The Kier molecular flexibility index (Phi) is 58.7. The van der Waals surface area contributed by atoms with Crippen molar-refractivity contribution in [2.75, 3.05) is 40.9 Å². The lowest BCUT2D eigenvalue weighted by atomic mass is 10.0. The van der Waals surface area contributed by atoms with E-state index in [-0.39, 0.29) is 31.5 Å². The highest BCUT2D eigenvalue weighted by Gasteiger charge is 2.30. The summed E-state index contributed by atoms with van der Waals surface area (Å²) >= 11 is 0. The van der Waals surface area contributed by atoms with Crippen LogP contribution in [0.4, 0.5) is 0 Å². The lowest BCUT2D eigenvalue weighted by molar-refractivity contribution is -0.870. The maximum atomic E-state index is 13.6. The first-order chi connectivity index (χ1) is 39.4. The summed E-state index contributed by atoms with van der Waals surface area (Å²) in [5, 5.41) is 3.06. The topological polar surface area (TPSA) is 111 Å². The third kappa shape index (κ3) is 61.8. The van der Waals surface area contributed by atoms with E-state index >= 15 is 0 Å². The monoisotopic (exact) mass is 1160 g/mol. The largest absolute Gasteiger partial charge is 0.472 e. The van der Waals surface area contributed by atoms with Gasteiger partial charge in [-0.2, -0.15) is 0 Å². The summed E-state index contributed by atoms with van der Waals surface area (Å²) in [5.41, 5.74) is 0. The van der Waals surface area contributed by atoms with E-state index < -0.39 is 20.0 Å². The molecule has 0 aromatic carbocycles. The molecule has 81 heavy (non-hydrogen) atoms. The Bertz CT molecular complexity index is 1620. The molecular formula is C71H132N2O7P+. The predicted molar refractivity (Wildman–Crippen MR) is 351 cm³/mol. The minimum Gasteiger partial charge on any atom is -0.456 e. The first-order valence-corrected chi connectivity index (χ1v) is 35.8. The summed E-state index contributed by atoms with van der Waals surface area (Å²) in [4.78, 5) is 37.8. The number of quaternary nitrogens is 1. The lowest BCUT2D eigenvalue weighted by Gasteiger charge is -2.27. The van der Waals surface area contributed by atoms with E-state index in [4.69, 9.17) is 13.8 Å². The second-order valence-electron chi connectivity index (χ2n) is 24.3. The highest BCUT2D eigenvalue weighted by atomic mass is 31.2. The van der Waals surface area contributed by atoms with Crippen LogP contribution in [0, 0.1) is 0 Å². The van der Waals surface area contributed by atoms with Gasteiger partial charge in [0, 0.05) is 12.8 Å². The van der Waals surface area contributed by atoms with E-state index in [2.05, 4.69) is 86.8 Å². The molecule has 0 bridgehead atoms. The number of hydrogen-bond donors (Lipinski definition) is 2. The molecule has 0 rings (SSSR count). The van der Waals surface area contributed by atoms with Crippen LogP contribution < -0.4 is 5.32 Å². The Morgan fingerprint density at radius 2 is 0.753 bits per heavy atom. The number of rotatable bonds is 62. The number of esters is 1. The molecule has 10 heteroatoms. The highest BCUT2D eigenvalue weighted by molar-refractivity contribution is 7.47. The summed E-state index contributed by atoms with van der Waals surface area (Å²) < 4.78 is 30.8. The van der Waals surface area contributed by atoms with Crippen molar-refractivity contribution in [3.05, 3.63) is 72.9 Å². The summed E-state index contributed by atoms with van der Waals surface area (Å²) in [7, 11) is 1.49. The van der Waals surface area contributed by atoms with Gasteiger partial charge in [-0.15, -0.1) is 0 Å². The van der Waals surface area contributed by atoms with Gasteiger partial charge in [0.15, 0.2) is 0 Å². The highest BCUT2D eigenvalue weighted by Crippen LogP contribution is 2.43. The van der Waals surface area contributed by atoms with Gasteiger partial charge in [0.25, 0.3) is 0 Å². The number of nitrogens with zero attached hydrogens (tertiary/aromatic N) is 1. The van der Waals surface area contributed by atoms with E-state index in [0.717, 1.165) is 77.0 Å². The van der Waals surface area contributed by atoms with Crippen LogP contribution in [0.15, 0.2) is 72.9 Å². The molecule has 0 fully saturated rings. The molecule has 472 valence electrons. The van der Waals surface area contributed by atoms with Crippen LogP contribution in [0.2, 0.25) is 0 Å². The predicted octanol–water partition coefficient (Wildman–Crippen LogP) is 21.6. The van der Waals surface area contributed by atoms with E-state index in [1.807, 2.05) is 33.3 Å². The number of allylic oxidation sites excluding steroid dienone is 11. The molecule has 0 aromatic rings. The summed E-state index contributed by atoms with van der Waals surface area (Å²) in [5.74, 6) is -0.505. The van der Waals surface area contributed by atoms with Crippen LogP contribution >= 0.6 is 7.82 Å². The Labute approximate surface area is 502 Å². The molecule has 3 unspecified atom stereocenters. The van der Waals surface area contributed by atoms with Gasteiger partial charge in [0.2, 0.25) is 5.91 Å². The molecular weight excluding hydrogens is 1020 g/mol. The van der Waals surface area contributed by atoms with Crippen molar-refractivity contribution in [2.24, 2.45) is 0 Å². The second-order valence-corrected chi connectivity index (χ2v) is 25.8. The maximum Gasteiger partial charge on any atom is 0.472 e. The molecule has 0 aliphatic carbocycles.